The van der Waals surface area contributed by atoms with Gasteiger partial charge in [0, 0.05) is 6.20 Å². The van der Waals surface area contributed by atoms with Crippen molar-refractivity contribution >= 4 is 17.1 Å². The smallest absolute Gasteiger partial charge is 0.340 e. The second kappa shape index (κ2) is 6.54. The monoisotopic (exact) mass is 328 g/mol. The van der Waals surface area contributed by atoms with Crippen LogP contribution in [0.1, 0.15) is 67.9 Å². The lowest BCUT2D eigenvalue weighted by Crippen LogP contribution is -2.33. The highest BCUT2D eigenvalue weighted by molar-refractivity contribution is 5.93. The van der Waals surface area contributed by atoms with Gasteiger partial charge in [-0.3, -0.25) is 0 Å². The highest BCUT2D eigenvalue weighted by Gasteiger charge is 2.33. The number of esters is 1. The molecule has 2 saturated carbocycles. The molecule has 2 aromatic heterocycles. The predicted molar refractivity (Wildman–Crippen MR) is 89.7 cm³/mol. The Morgan fingerprint density at radius 3 is 2.92 bits per heavy atom. The van der Waals surface area contributed by atoms with Gasteiger partial charge in [0.1, 0.15) is 6.10 Å². The number of carbonyl (C=O) groups excluding carboxylic acids is 1. The Morgan fingerprint density at radius 2 is 2.08 bits per heavy atom. The standard InChI is InChI=1S/C19H24N2O3/c1-2-17-16-10-14(11-20-18(16)24-21-17)19(22)23-15-8-7-12-5-3-4-6-13(12)9-15/h10-13,15H,2-9H2,1H3/t12-,13+,15-/m1/s1. The lowest BCUT2D eigenvalue weighted by atomic mass is 9.70. The van der Waals surface area contributed by atoms with Crippen LogP contribution >= 0.6 is 0 Å². The van der Waals surface area contributed by atoms with Crippen molar-refractivity contribution in [1.29, 1.82) is 0 Å². The number of carbonyl (C=O) groups is 1. The molecular formula is C19H24N2O3. The molecule has 0 spiro atoms. The molecule has 5 nitrogen and oxygen atoms in total. The van der Waals surface area contributed by atoms with Crippen molar-refractivity contribution in [3.05, 3.63) is 23.5 Å². The Kier molecular flexibility index (Phi) is 4.25. The topological polar surface area (TPSA) is 65.2 Å². The summed E-state index contributed by atoms with van der Waals surface area (Å²) in [6.07, 6.45) is 10.9. The van der Waals surface area contributed by atoms with Crippen molar-refractivity contribution in [3.63, 3.8) is 0 Å². The first kappa shape index (κ1) is 15.6. The van der Waals surface area contributed by atoms with E-state index in [2.05, 4.69) is 10.1 Å². The van der Waals surface area contributed by atoms with Crippen LogP contribution in [-0.4, -0.2) is 22.2 Å². The second-order valence-electron chi connectivity index (χ2n) is 7.20. The second-order valence-corrected chi connectivity index (χ2v) is 7.20. The van der Waals surface area contributed by atoms with Crippen LogP contribution in [0.5, 0.6) is 0 Å². The molecule has 2 heterocycles. The summed E-state index contributed by atoms with van der Waals surface area (Å²) >= 11 is 0. The van der Waals surface area contributed by atoms with Gasteiger partial charge in [-0.1, -0.05) is 37.8 Å². The number of aryl methyl sites for hydroxylation is 1. The molecule has 2 aromatic rings. The van der Waals surface area contributed by atoms with E-state index in [0.29, 0.717) is 11.3 Å². The summed E-state index contributed by atoms with van der Waals surface area (Å²) in [6, 6.07) is 1.80. The Labute approximate surface area is 141 Å². The Hall–Kier alpha value is -1.91. The van der Waals surface area contributed by atoms with Crippen molar-refractivity contribution in [2.24, 2.45) is 11.8 Å². The molecule has 2 aliphatic rings. The highest BCUT2D eigenvalue weighted by Crippen LogP contribution is 2.41. The van der Waals surface area contributed by atoms with E-state index in [1.165, 1.54) is 38.3 Å². The number of hydrogen-bond acceptors (Lipinski definition) is 5. The largest absolute Gasteiger partial charge is 0.459 e. The van der Waals surface area contributed by atoms with Crippen molar-refractivity contribution in [3.8, 4) is 0 Å². The molecule has 128 valence electrons. The Morgan fingerprint density at radius 1 is 1.25 bits per heavy atom. The molecule has 4 rings (SSSR count). The summed E-state index contributed by atoms with van der Waals surface area (Å²) in [5, 5.41) is 4.79. The summed E-state index contributed by atoms with van der Waals surface area (Å²) in [5.74, 6) is 1.33. The number of nitrogens with zero attached hydrogens (tertiary/aromatic N) is 2. The number of ether oxygens (including phenoxy) is 1. The molecule has 0 bridgehead atoms. The van der Waals surface area contributed by atoms with E-state index in [1.807, 2.05) is 6.92 Å². The van der Waals surface area contributed by atoms with Gasteiger partial charge in [0.05, 0.1) is 16.6 Å². The van der Waals surface area contributed by atoms with Gasteiger partial charge in [0.25, 0.3) is 5.71 Å². The van der Waals surface area contributed by atoms with Crippen LogP contribution in [0.15, 0.2) is 16.8 Å². The molecule has 0 amide bonds. The van der Waals surface area contributed by atoms with Gasteiger partial charge in [-0.25, -0.2) is 9.78 Å². The fraction of sp³-hybridized carbons (Fsp3) is 0.632. The minimum Gasteiger partial charge on any atom is -0.459 e. The lowest BCUT2D eigenvalue weighted by Gasteiger charge is -2.38. The fourth-order valence-corrected chi connectivity index (χ4v) is 4.40. The first-order valence-electron chi connectivity index (χ1n) is 9.20. The summed E-state index contributed by atoms with van der Waals surface area (Å²) < 4.78 is 11.0. The van der Waals surface area contributed by atoms with Crippen molar-refractivity contribution < 1.29 is 14.1 Å². The molecule has 0 aliphatic heterocycles. The summed E-state index contributed by atoms with van der Waals surface area (Å²) in [5.41, 5.74) is 1.80. The maximum Gasteiger partial charge on any atom is 0.340 e. The zero-order chi connectivity index (χ0) is 16.5. The van der Waals surface area contributed by atoms with E-state index in [-0.39, 0.29) is 12.1 Å². The molecule has 2 aliphatic carbocycles. The minimum absolute atomic E-state index is 0.0562. The molecule has 0 radical (unpaired) electrons. The van der Waals surface area contributed by atoms with Gasteiger partial charge in [-0.15, -0.1) is 0 Å². The quantitative estimate of drug-likeness (QED) is 0.786. The predicted octanol–water partition coefficient (Wildman–Crippen LogP) is 4.30. The normalized spacial score (nSPS) is 27.0. The van der Waals surface area contributed by atoms with Crippen LogP contribution in [0.4, 0.5) is 0 Å². The first-order valence-corrected chi connectivity index (χ1v) is 9.20. The summed E-state index contributed by atoms with van der Waals surface area (Å²) in [6.45, 7) is 2.00. The third kappa shape index (κ3) is 2.92. The molecule has 2 fully saturated rings. The van der Waals surface area contributed by atoms with E-state index >= 15 is 0 Å². The van der Waals surface area contributed by atoms with Crippen LogP contribution in [0.25, 0.3) is 11.1 Å². The SMILES string of the molecule is CCc1noc2ncc(C(=O)O[C@@H]3CC[C@H]4CCCC[C@H]4C3)cc12. The highest BCUT2D eigenvalue weighted by atomic mass is 16.5. The summed E-state index contributed by atoms with van der Waals surface area (Å²) in [7, 11) is 0. The average molecular weight is 328 g/mol. The molecule has 5 heteroatoms. The van der Waals surface area contributed by atoms with Crippen molar-refractivity contribution in [2.75, 3.05) is 0 Å². The van der Waals surface area contributed by atoms with E-state index in [0.717, 1.165) is 42.2 Å². The van der Waals surface area contributed by atoms with Gasteiger partial charge in [-0.05, 0) is 43.6 Å². The number of aromatic nitrogens is 2. The maximum absolute atomic E-state index is 12.5. The maximum atomic E-state index is 12.5. The number of pyridine rings is 1. The van der Waals surface area contributed by atoms with Crippen LogP contribution < -0.4 is 0 Å². The fourth-order valence-electron chi connectivity index (χ4n) is 4.40. The van der Waals surface area contributed by atoms with Crippen LogP contribution in [0.3, 0.4) is 0 Å². The van der Waals surface area contributed by atoms with Gasteiger partial charge < -0.3 is 9.26 Å². The third-order valence-electron chi connectivity index (χ3n) is 5.74. The molecule has 0 unspecified atom stereocenters. The van der Waals surface area contributed by atoms with Gasteiger partial charge >= 0.3 is 5.97 Å². The lowest BCUT2D eigenvalue weighted by molar-refractivity contribution is -0.000943. The number of hydrogen-bond donors (Lipinski definition) is 0. The van der Waals surface area contributed by atoms with Crippen LogP contribution in [0, 0.1) is 11.8 Å². The van der Waals surface area contributed by atoms with Crippen LogP contribution in [-0.2, 0) is 11.2 Å². The van der Waals surface area contributed by atoms with Gasteiger partial charge in [-0.2, -0.15) is 0 Å². The average Bonchev–Trinajstić information content (AvgIpc) is 3.04. The van der Waals surface area contributed by atoms with E-state index in [1.54, 1.807) is 6.07 Å². The third-order valence-corrected chi connectivity index (χ3v) is 5.74. The van der Waals surface area contributed by atoms with E-state index in [4.69, 9.17) is 9.26 Å². The number of rotatable bonds is 3. The first-order chi connectivity index (χ1) is 11.7. The minimum atomic E-state index is -0.271. The summed E-state index contributed by atoms with van der Waals surface area (Å²) in [4.78, 5) is 16.7. The molecule has 0 N–H and O–H groups in total. The molecular weight excluding hydrogens is 304 g/mol. The van der Waals surface area contributed by atoms with Gasteiger partial charge in [0.2, 0.25) is 0 Å². The zero-order valence-electron chi connectivity index (χ0n) is 14.2. The molecule has 0 aromatic carbocycles. The Balaban J connectivity index is 1.46. The van der Waals surface area contributed by atoms with Crippen molar-refractivity contribution in [2.45, 2.75) is 64.4 Å². The molecule has 24 heavy (non-hydrogen) atoms. The van der Waals surface area contributed by atoms with E-state index in [9.17, 15) is 4.79 Å². The zero-order valence-corrected chi connectivity index (χ0v) is 14.2. The van der Waals surface area contributed by atoms with E-state index < -0.39 is 0 Å². The number of fused-ring (bicyclic) bond motifs is 2. The van der Waals surface area contributed by atoms with Crippen molar-refractivity contribution in [1.82, 2.24) is 10.1 Å². The Bertz CT molecular complexity index is 739. The molecule has 0 saturated heterocycles. The van der Waals surface area contributed by atoms with Crippen LogP contribution in [0.2, 0.25) is 0 Å². The van der Waals surface area contributed by atoms with Gasteiger partial charge in [0.15, 0.2) is 0 Å². The molecule has 3 atom stereocenters.